The molecule has 6 heteroatoms. The molecule has 0 heterocycles. The second-order valence-corrected chi connectivity index (χ2v) is 4.72. The van der Waals surface area contributed by atoms with Crippen LogP contribution in [-0.4, -0.2) is 25.2 Å². The Bertz CT molecular complexity index is 653. The van der Waals surface area contributed by atoms with Gasteiger partial charge < -0.3 is 29.3 Å². The highest BCUT2D eigenvalue weighted by atomic mass is 16.5. The van der Waals surface area contributed by atoms with Gasteiger partial charge in [0.05, 0.1) is 11.9 Å². The Morgan fingerprint density at radius 2 is 1.04 bits per heavy atom. The highest BCUT2D eigenvalue weighted by Gasteiger charge is 1.96. The van der Waals surface area contributed by atoms with Crippen LogP contribution in [0, 0.1) is 0 Å². The first-order valence-corrected chi connectivity index (χ1v) is 7.09. The number of carbonyl (C=O) groups excluding carboxylic acids is 2. The summed E-state index contributed by atoms with van der Waals surface area (Å²) in [6, 6.07) is 11.8. The number of aromatic carboxylic acids is 2. The first-order valence-electron chi connectivity index (χ1n) is 7.09. The normalized spacial score (nSPS) is 10.5. The zero-order valence-electron chi connectivity index (χ0n) is 12.6. The predicted molar refractivity (Wildman–Crippen MR) is 81.7 cm³/mol. The van der Waals surface area contributed by atoms with Crippen molar-refractivity contribution in [3.63, 3.8) is 0 Å². The molecule has 0 spiro atoms. The van der Waals surface area contributed by atoms with Gasteiger partial charge in [0.1, 0.15) is 24.7 Å². The van der Waals surface area contributed by atoms with E-state index in [-0.39, 0.29) is 11.1 Å². The van der Waals surface area contributed by atoms with Crippen molar-refractivity contribution in [2.24, 2.45) is 0 Å². The minimum absolute atomic E-state index is 0.0935. The molecule has 0 aliphatic carbocycles. The zero-order valence-corrected chi connectivity index (χ0v) is 12.6. The molecular formula is C18H14O6-2. The van der Waals surface area contributed by atoms with Crippen LogP contribution in [0.3, 0.4) is 0 Å². The lowest BCUT2D eigenvalue weighted by atomic mass is 10.2. The Labute approximate surface area is 138 Å². The standard InChI is InChI=1S/C18H16O6/c19-17(20)13-3-7-15(8-4-13)23-11-1-2-12-24-16-9-5-14(6-10-16)18(21)22/h1-10H,11-12H2,(H,19,20)(H,21,22)/p-2/b2-1+. The van der Waals surface area contributed by atoms with Crippen molar-refractivity contribution in [3.05, 3.63) is 71.8 Å². The van der Waals surface area contributed by atoms with E-state index in [0.29, 0.717) is 24.7 Å². The fraction of sp³-hybridized carbons (Fsp3) is 0.111. The molecule has 0 saturated heterocycles. The average Bonchev–Trinajstić information content (AvgIpc) is 2.58. The average molecular weight is 326 g/mol. The van der Waals surface area contributed by atoms with E-state index in [1.807, 2.05) is 0 Å². The molecule has 2 aromatic carbocycles. The minimum atomic E-state index is -1.23. The van der Waals surface area contributed by atoms with E-state index in [4.69, 9.17) is 9.47 Å². The second-order valence-electron chi connectivity index (χ2n) is 4.72. The molecule has 0 atom stereocenters. The van der Waals surface area contributed by atoms with Gasteiger partial charge in [0.15, 0.2) is 0 Å². The van der Waals surface area contributed by atoms with E-state index in [9.17, 15) is 19.8 Å². The van der Waals surface area contributed by atoms with E-state index >= 15 is 0 Å². The van der Waals surface area contributed by atoms with Gasteiger partial charge in [-0.1, -0.05) is 0 Å². The number of carbonyl (C=O) groups is 2. The highest BCUT2D eigenvalue weighted by molar-refractivity contribution is 5.86. The van der Waals surface area contributed by atoms with E-state index in [1.54, 1.807) is 36.4 Å². The van der Waals surface area contributed by atoms with Gasteiger partial charge >= 0.3 is 0 Å². The lowest BCUT2D eigenvalue weighted by Crippen LogP contribution is -2.21. The number of ether oxygens (including phenoxy) is 2. The molecule has 24 heavy (non-hydrogen) atoms. The highest BCUT2D eigenvalue weighted by Crippen LogP contribution is 2.12. The summed E-state index contributed by atoms with van der Waals surface area (Å²) in [5, 5.41) is 21.2. The molecule has 0 bridgehead atoms. The molecule has 2 aromatic rings. The van der Waals surface area contributed by atoms with Gasteiger partial charge in [-0.25, -0.2) is 0 Å². The maximum Gasteiger partial charge on any atom is 0.119 e. The van der Waals surface area contributed by atoms with Crippen LogP contribution in [0.5, 0.6) is 11.5 Å². The quantitative estimate of drug-likeness (QED) is 0.652. The van der Waals surface area contributed by atoms with Crippen LogP contribution >= 0.6 is 0 Å². The van der Waals surface area contributed by atoms with Crippen molar-refractivity contribution in [2.45, 2.75) is 0 Å². The molecule has 0 radical (unpaired) electrons. The van der Waals surface area contributed by atoms with Gasteiger partial charge in [-0.3, -0.25) is 0 Å². The molecule has 6 nitrogen and oxygen atoms in total. The molecule has 124 valence electrons. The Morgan fingerprint density at radius 3 is 1.33 bits per heavy atom. The zero-order chi connectivity index (χ0) is 17.4. The van der Waals surface area contributed by atoms with Crippen molar-refractivity contribution in [2.75, 3.05) is 13.2 Å². The number of hydrogen-bond acceptors (Lipinski definition) is 6. The smallest absolute Gasteiger partial charge is 0.119 e. The van der Waals surface area contributed by atoms with Crippen LogP contribution in [0.4, 0.5) is 0 Å². The Kier molecular flexibility index (Phi) is 5.96. The summed E-state index contributed by atoms with van der Waals surface area (Å²) in [7, 11) is 0. The number of carboxylic acids is 2. The summed E-state index contributed by atoms with van der Waals surface area (Å²) < 4.78 is 10.8. The molecule has 2 rings (SSSR count). The first kappa shape index (κ1) is 17.1. The van der Waals surface area contributed by atoms with Crippen molar-refractivity contribution in [1.29, 1.82) is 0 Å². The second kappa shape index (κ2) is 8.38. The third-order valence-corrected chi connectivity index (χ3v) is 3.04. The van der Waals surface area contributed by atoms with Gasteiger partial charge in [-0.15, -0.1) is 0 Å². The van der Waals surface area contributed by atoms with Gasteiger partial charge in [0.2, 0.25) is 0 Å². The molecule has 0 aliphatic rings. The molecule has 0 amide bonds. The number of rotatable bonds is 8. The molecule has 0 saturated carbocycles. The summed E-state index contributed by atoms with van der Waals surface area (Å²) in [4.78, 5) is 21.2. The van der Waals surface area contributed by atoms with Crippen LogP contribution in [-0.2, 0) is 0 Å². The Morgan fingerprint density at radius 1 is 0.708 bits per heavy atom. The lowest BCUT2D eigenvalue weighted by Gasteiger charge is -2.06. The van der Waals surface area contributed by atoms with Crippen LogP contribution in [0.15, 0.2) is 60.7 Å². The van der Waals surface area contributed by atoms with E-state index in [1.165, 1.54) is 24.3 Å². The summed E-state index contributed by atoms with van der Waals surface area (Å²) >= 11 is 0. The van der Waals surface area contributed by atoms with E-state index < -0.39 is 11.9 Å². The maximum absolute atomic E-state index is 10.6. The minimum Gasteiger partial charge on any atom is -0.545 e. The van der Waals surface area contributed by atoms with Gasteiger partial charge in [0, 0.05) is 0 Å². The predicted octanol–water partition coefficient (Wildman–Crippen LogP) is 0.428. The third kappa shape index (κ3) is 5.17. The number of carboxylic acid groups (broad SMARTS) is 2. The summed E-state index contributed by atoms with van der Waals surface area (Å²) in [5.41, 5.74) is 0.187. The van der Waals surface area contributed by atoms with Crippen LogP contribution in [0.1, 0.15) is 20.7 Å². The van der Waals surface area contributed by atoms with Crippen molar-refractivity contribution >= 4 is 11.9 Å². The third-order valence-electron chi connectivity index (χ3n) is 3.04. The van der Waals surface area contributed by atoms with Crippen LogP contribution in [0.2, 0.25) is 0 Å². The van der Waals surface area contributed by atoms with Crippen molar-refractivity contribution in [3.8, 4) is 11.5 Å². The Balaban J connectivity index is 1.71. The fourth-order valence-corrected chi connectivity index (χ4v) is 1.80. The van der Waals surface area contributed by atoms with Crippen LogP contribution < -0.4 is 19.7 Å². The monoisotopic (exact) mass is 326 g/mol. The van der Waals surface area contributed by atoms with Crippen molar-refractivity contribution < 1.29 is 29.3 Å². The molecule has 0 aliphatic heterocycles. The molecule has 0 aromatic heterocycles. The largest absolute Gasteiger partial charge is 0.545 e. The lowest BCUT2D eigenvalue weighted by molar-refractivity contribution is -0.256. The molecular weight excluding hydrogens is 312 g/mol. The SMILES string of the molecule is O=C([O-])c1ccc(OC/C=C/COc2ccc(C(=O)[O-])cc2)cc1. The summed E-state index contributed by atoms with van der Waals surface area (Å²) in [6.45, 7) is 0.606. The molecule has 0 fully saturated rings. The number of benzene rings is 2. The topological polar surface area (TPSA) is 98.7 Å². The molecule has 0 unspecified atom stereocenters. The summed E-state index contributed by atoms with van der Waals surface area (Å²) in [6.07, 6.45) is 3.50. The maximum atomic E-state index is 10.6. The summed E-state index contributed by atoms with van der Waals surface area (Å²) in [5.74, 6) is -1.37. The van der Waals surface area contributed by atoms with E-state index in [2.05, 4.69) is 0 Å². The van der Waals surface area contributed by atoms with Crippen LogP contribution in [0.25, 0.3) is 0 Å². The van der Waals surface area contributed by atoms with Crippen molar-refractivity contribution in [1.82, 2.24) is 0 Å². The fourth-order valence-electron chi connectivity index (χ4n) is 1.80. The first-order chi connectivity index (χ1) is 11.6. The van der Waals surface area contributed by atoms with E-state index in [0.717, 1.165) is 0 Å². The number of hydrogen-bond donors (Lipinski definition) is 0. The Hall–Kier alpha value is -3.28. The van der Waals surface area contributed by atoms with Gasteiger partial charge in [-0.05, 0) is 71.8 Å². The molecule has 0 N–H and O–H groups in total. The van der Waals surface area contributed by atoms with Gasteiger partial charge in [-0.2, -0.15) is 0 Å². The van der Waals surface area contributed by atoms with Gasteiger partial charge in [0.25, 0.3) is 0 Å².